The summed E-state index contributed by atoms with van der Waals surface area (Å²) >= 11 is 4.84. The SMILES string of the molecule is CCOc1ccc(-c2c(C)sc3ncn(CC(=O)Nc4ccc(Br)cc4)c(=O)c23)cc1. The van der Waals surface area contributed by atoms with Crippen molar-refractivity contribution >= 4 is 49.1 Å². The molecule has 0 atom stereocenters. The van der Waals surface area contributed by atoms with E-state index in [1.807, 2.05) is 50.2 Å². The Kier molecular flexibility index (Phi) is 6.20. The molecule has 0 radical (unpaired) electrons. The predicted octanol–water partition coefficient (Wildman–Crippen LogP) is 5.23. The number of amides is 1. The standard InChI is InChI=1S/C23H20BrN3O3S/c1-3-30-18-10-4-15(5-11-18)20-14(2)31-22-21(20)23(29)27(13-25-22)12-19(28)26-17-8-6-16(24)7-9-17/h4-11,13H,3,12H2,1-2H3,(H,26,28). The van der Waals surface area contributed by atoms with Crippen molar-refractivity contribution in [2.75, 3.05) is 11.9 Å². The van der Waals surface area contributed by atoms with Gasteiger partial charge in [0.05, 0.1) is 18.3 Å². The molecule has 2 aromatic heterocycles. The molecule has 8 heteroatoms. The number of carbonyl (C=O) groups is 1. The normalized spacial score (nSPS) is 10.9. The van der Waals surface area contributed by atoms with Crippen LogP contribution < -0.4 is 15.6 Å². The summed E-state index contributed by atoms with van der Waals surface area (Å²) in [4.78, 5) is 31.9. The number of hydrogen-bond acceptors (Lipinski definition) is 5. The lowest BCUT2D eigenvalue weighted by Crippen LogP contribution is -2.27. The molecule has 0 fully saturated rings. The zero-order chi connectivity index (χ0) is 22.0. The predicted molar refractivity (Wildman–Crippen MR) is 128 cm³/mol. The fourth-order valence-corrected chi connectivity index (χ4v) is 4.64. The molecule has 0 saturated carbocycles. The minimum absolute atomic E-state index is 0.116. The van der Waals surface area contributed by atoms with Crippen molar-refractivity contribution in [3.05, 3.63) is 74.6 Å². The summed E-state index contributed by atoms with van der Waals surface area (Å²) < 4.78 is 7.79. The van der Waals surface area contributed by atoms with E-state index in [9.17, 15) is 9.59 Å². The molecule has 0 aliphatic heterocycles. The first kappa shape index (κ1) is 21.3. The van der Waals surface area contributed by atoms with E-state index in [0.29, 0.717) is 22.5 Å². The van der Waals surface area contributed by atoms with Gasteiger partial charge in [0.2, 0.25) is 5.91 Å². The molecular formula is C23H20BrN3O3S. The molecule has 0 bridgehead atoms. The van der Waals surface area contributed by atoms with E-state index in [2.05, 4.69) is 26.2 Å². The van der Waals surface area contributed by atoms with Gasteiger partial charge in [0.15, 0.2) is 0 Å². The van der Waals surface area contributed by atoms with Gasteiger partial charge in [-0.2, -0.15) is 0 Å². The number of aromatic nitrogens is 2. The Morgan fingerprint density at radius 3 is 2.55 bits per heavy atom. The van der Waals surface area contributed by atoms with Crippen molar-refractivity contribution in [3.8, 4) is 16.9 Å². The number of anilines is 1. The summed E-state index contributed by atoms with van der Waals surface area (Å²) in [5.74, 6) is 0.490. The van der Waals surface area contributed by atoms with Gasteiger partial charge in [-0.1, -0.05) is 28.1 Å². The maximum absolute atomic E-state index is 13.3. The fraction of sp³-hybridized carbons (Fsp3) is 0.174. The maximum Gasteiger partial charge on any atom is 0.263 e. The highest BCUT2D eigenvalue weighted by atomic mass is 79.9. The molecule has 2 heterocycles. The van der Waals surface area contributed by atoms with Crippen molar-refractivity contribution < 1.29 is 9.53 Å². The molecule has 158 valence electrons. The van der Waals surface area contributed by atoms with Gasteiger partial charge in [-0.15, -0.1) is 11.3 Å². The van der Waals surface area contributed by atoms with Gasteiger partial charge < -0.3 is 10.1 Å². The molecule has 4 rings (SSSR count). The number of benzene rings is 2. The van der Waals surface area contributed by atoms with Gasteiger partial charge in [-0.3, -0.25) is 14.2 Å². The van der Waals surface area contributed by atoms with Crippen molar-refractivity contribution in [3.63, 3.8) is 0 Å². The molecule has 4 aromatic rings. The third-order valence-electron chi connectivity index (χ3n) is 4.75. The van der Waals surface area contributed by atoms with Crippen molar-refractivity contribution in [1.82, 2.24) is 9.55 Å². The van der Waals surface area contributed by atoms with Crippen LogP contribution in [0.4, 0.5) is 5.69 Å². The molecule has 0 unspecified atom stereocenters. The lowest BCUT2D eigenvalue weighted by molar-refractivity contribution is -0.116. The summed E-state index contributed by atoms with van der Waals surface area (Å²) in [5, 5.41) is 3.34. The van der Waals surface area contributed by atoms with Crippen LogP contribution in [0.3, 0.4) is 0 Å². The Labute approximate surface area is 191 Å². The number of fused-ring (bicyclic) bond motifs is 1. The van der Waals surface area contributed by atoms with E-state index in [4.69, 9.17) is 4.74 Å². The summed E-state index contributed by atoms with van der Waals surface area (Å²) in [6, 6.07) is 14.9. The highest BCUT2D eigenvalue weighted by Gasteiger charge is 2.18. The second kappa shape index (κ2) is 9.03. The summed E-state index contributed by atoms with van der Waals surface area (Å²) in [6.45, 7) is 4.39. The van der Waals surface area contributed by atoms with Gasteiger partial charge in [-0.05, 0) is 55.8 Å². The maximum atomic E-state index is 13.3. The van der Waals surface area contributed by atoms with E-state index >= 15 is 0 Å². The van der Waals surface area contributed by atoms with Crippen molar-refractivity contribution in [1.29, 1.82) is 0 Å². The van der Waals surface area contributed by atoms with Crippen LogP contribution in [0.5, 0.6) is 5.75 Å². The van der Waals surface area contributed by atoms with Crippen LogP contribution in [0.2, 0.25) is 0 Å². The van der Waals surface area contributed by atoms with E-state index in [1.54, 1.807) is 12.1 Å². The molecule has 0 saturated heterocycles. The Balaban J connectivity index is 1.66. The number of nitrogens with one attached hydrogen (secondary N) is 1. The number of halogens is 1. The van der Waals surface area contributed by atoms with Gasteiger partial charge in [0, 0.05) is 20.6 Å². The second-order valence-electron chi connectivity index (χ2n) is 6.90. The monoisotopic (exact) mass is 497 g/mol. The fourth-order valence-electron chi connectivity index (χ4n) is 3.37. The minimum atomic E-state index is -0.292. The van der Waals surface area contributed by atoms with E-state index in [1.165, 1.54) is 22.2 Å². The van der Waals surface area contributed by atoms with Crippen molar-refractivity contribution in [2.45, 2.75) is 20.4 Å². The lowest BCUT2D eigenvalue weighted by atomic mass is 10.0. The smallest absolute Gasteiger partial charge is 0.263 e. The first-order valence-corrected chi connectivity index (χ1v) is 11.3. The molecular weight excluding hydrogens is 478 g/mol. The van der Waals surface area contributed by atoms with Crippen LogP contribution in [0.15, 0.2) is 64.1 Å². The molecule has 0 spiro atoms. The summed E-state index contributed by atoms with van der Waals surface area (Å²) in [7, 11) is 0. The third-order valence-corrected chi connectivity index (χ3v) is 6.29. The number of hydrogen-bond donors (Lipinski definition) is 1. The van der Waals surface area contributed by atoms with Crippen molar-refractivity contribution in [2.24, 2.45) is 0 Å². The Morgan fingerprint density at radius 2 is 1.87 bits per heavy atom. The largest absolute Gasteiger partial charge is 0.494 e. The number of carbonyl (C=O) groups excluding carboxylic acids is 1. The Morgan fingerprint density at radius 1 is 1.16 bits per heavy atom. The van der Waals surface area contributed by atoms with Gasteiger partial charge >= 0.3 is 0 Å². The van der Waals surface area contributed by atoms with Crippen LogP contribution in [0, 0.1) is 6.92 Å². The van der Waals surface area contributed by atoms with E-state index in [0.717, 1.165) is 26.2 Å². The lowest BCUT2D eigenvalue weighted by Gasteiger charge is -2.09. The van der Waals surface area contributed by atoms with Crippen LogP contribution in [0.25, 0.3) is 21.3 Å². The molecule has 0 aliphatic rings. The quantitative estimate of drug-likeness (QED) is 0.395. The van der Waals surface area contributed by atoms with E-state index < -0.39 is 0 Å². The minimum Gasteiger partial charge on any atom is -0.494 e. The third kappa shape index (κ3) is 4.55. The highest BCUT2D eigenvalue weighted by Crippen LogP contribution is 2.36. The van der Waals surface area contributed by atoms with Crippen LogP contribution in [-0.4, -0.2) is 22.1 Å². The number of nitrogens with zero attached hydrogens (tertiary/aromatic N) is 2. The average Bonchev–Trinajstić information content (AvgIpc) is 3.09. The molecule has 0 aliphatic carbocycles. The number of ether oxygens (including phenoxy) is 1. The van der Waals surface area contributed by atoms with Crippen LogP contribution in [-0.2, 0) is 11.3 Å². The highest BCUT2D eigenvalue weighted by molar-refractivity contribution is 9.10. The molecule has 31 heavy (non-hydrogen) atoms. The molecule has 2 aromatic carbocycles. The van der Waals surface area contributed by atoms with Gasteiger partial charge in [0.1, 0.15) is 17.1 Å². The second-order valence-corrected chi connectivity index (χ2v) is 9.02. The van der Waals surface area contributed by atoms with Crippen LogP contribution >= 0.6 is 27.3 Å². The van der Waals surface area contributed by atoms with Gasteiger partial charge in [-0.25, -0.2) is 4.98 Å². The average molecular weight is 498 g/mol. The first-order chi connectivity index (χ1) is 15.0. The Bertz CT molecular complexity index is 1290. The zero-order valence-corrected chi connectivity index (χ0v) is 19.4. The summed E-state index contributed by atoms with van der Waals surface area (Å²) in [6.07, 6.45) is 1.43. The van der Waals surface area contributed by atoms with E-state index in [-0.39, 0.29) is 18.0 Å². The number of rotatable bonds is 6. The first-order valence-electron chi connectivity index (χ1n) is 9.73. The number of thiophene rings is 1. The zero-order valence-electron chi connectivity index (χ0n) is 17.0. The molecule has 1 N–H and O–H groups in total. The number of aryl methyl sites for hydroxylation is 1. The molecule has 1 amide bonds. The molecule has 6 nitrogen and oxygen atoms in total. The Hall–Kier alpha value is -2.97. The summed E-state index contributed by atoms with van der Waals surface area (Å²) in [5.41, 5.74) is 2.20. The van der Waals surface area contributed by atoms with Crippen LogP contribution in [0.1, 0.15) is 11.8 Å². The van der Waals surface area contributed by atoms with Gasteiger partial charge in [0.25, 0.3) is 5.56 Å². The topological polar surface area (TPSA) is 73.2 Å².